The molecule has 1 amide bonds. The molecule has 3 rings (SSSR count). The summed E-state index contributed by atoms with van der Waals surface area (Å²) in [6.45, 7) is 6.11. The van der Waals surface area contributed by atoms with Gasteiger partial charge in [-0.2, -0.15) is 4.98 Å². The molecular weight excluding hydrogens is 316 g/mol. The minimum Gasteiger partial charge on any atom is -0.339 e. The maximum Gasteiger partial charge on any atom is 0.267 e. The second-order valence-corrected chi connectivity index (χ2v) is 6.88. The van der Waals surface area contributed by atoms with Crippen LogP contribution in [0.3, 0.4) is 0 Å². The van der Waals surface area contributed by atoms with Gasteiger partial charge < -0.3 is 9.42 Å². The fraction of sp³-hybridized carbons (Fsp3) is 0.643. The predicted octanol–water partition coefficient (Wildman–Crippen LogP) is 1.39. The van der Waals surface area contributed by atoms with Gasteiger partial charge >= 0.3 is 0 Å². The van der Waals surface area contributed by atoms with Crippen molar-refractivity contribution in [1.82, 2.24) is 29.5 Å². The monoisotopic (exact) mass is 336 g/mol. The summed E-state index contributed by atoms with van der Waals surface area (Å²) < 4.78 is 8.98. The molecule has 0 N–H and O–H groups in total. The zero-order valence-electron chi connectivity index (χ0n) is 13.5. The molecule has 1 aliphatic rings. The summed E-state index contributed by atoms with van der Waals surface area (Å²) >= 11 is 1.14. The molecule has 2 aromatic heterocycles. The van der Waals surface area contributed by atoms with Crippen LogP contribution in [0.1, 0.15) is 47.6 Å². The van der Waals surface area contributed by atoms with Crippen LogP contribution in [0, 0.1) is 0 Å². The molecule has 0 bridgehead atoms. The van der Waals surface area contributed by atoms with Crippen LogP contribution in [0.15, 0.2) is 10.7 Å². The molecule has 1 atom stereocenters. The molecule has 3 heterocycles. The Morgan fingerprint density at radius 1 is 1.57 bits per heavy atom. The van der Waals surface area contributed by atoms with Gasteiger partial charge in [-0.25, -0.2) is 0 Å². The molecule has 2 aromatic rings. The lowest BCUT2D eigenvalue weighted by Gasteiger charge is -2.23. The number of amides is 1. The van der Waals surface area contributed by atoms with Gasteiger partial charge in [-0.05, 0) is 25.0 Å². The Balaban J connectivity index is 1.56. The van der Waals surface area contributed by atoms with Crippen molar-refractivity contribution in [2.75, 3.05) is 20.1 Å². The third kappa shape index (κ3) is 3.56. The largest absolute Gasteiger partial charge is 0.339 e. The van der Waals surface area contributed by atoms with E-state index < -0.39 is 0 Å². The van der Waals surface area contributed by atoms with E-state index in [2.05, 4.69) is 24.6 Å². The topological polar surface area (TPSA) is 88.3 Å². The molecule has 0 aliphatic carbocycles. The number of likely N-dealkylation sites (tertiary alicyclic amines) is 1. The molecule has 1 fully saturated rings. The van der Waals surface area contributed by atoms with Gasteiger partial charge in [-0.3, -0.25) is 9.69 Å². The third-order valence-corrected chi connectivity index (χ3v) is 4.67. The summed E-state index contributed by atoms with van der Waals surface area (Å²) in [7, 11) is 2.03. The average molecular weight is 336 g/mol. The van der Waals surface area contributed by atoms with Gasteiger partial charge in [0.25, 0.3) is 5.91 Å². The maximum atomic E-state index is 12.3. The van der Waals surface area contributed by atoms with Gasteiger partial charge in [0, 0.05) is 25.0 Å². The highest BCUT2D eigenvalue weighted by Crippen LogP contribution is 2.19. The molecule has 0 radical (unpaired) electrons. The van der Waals surface area contributed by atoms with Gasteiger partial charge in [0.05, 0.1) is 12.7 Å². The minimum absolute atomic E-state index is 0.0116. The normalized spacial score (nSPS) is 18.3. The Kier molecular flexibility index (Phi) is 4.67. The highest BCUT2D eigenvalue weighted by molar-refractivity contribution is 7.07. The molecule has 0 spiro atoms. The van der Waals surface area contributed by atoms with Gasteiger partial charge in [0.15, 0.2) is 5.82 Å². The third-order valence-electron chi connectivity index (χ3n) is 4.01. The summed E-state index contributed by atoms with van der Waals surface area (Å²) in [6, 6.07) is 0.292. The van der Waals surface area contributed by atoms with Crippen LogP contribution in [0.25, 0.3) is 0 Å². The molecule has 0 aromatic carbocycles. The Bertz CT molecular complexity index is 656. The summed E-state index contributed by atoms with van der Waals surface area (Å²) in [5, 5.41) is 7.75. The predicted molar refractivity (Wildman–Crippen MR) is 84.1 cm³/mol. The highest BCUT2D eigenvalue weighted by Gasteiger charge is 2.30. The average Bonchev–Trinajstić information content (AvgIpc) is 3.27. The van der Waals surface area contributed by atoms with E-state index in [1.807, 2.05) is 25.8 Å². The zero-order chi connectivity index (χ0) is 16.4. The highest BCUT2D eigenvalue weighted by atomic mass is 32.1. The molecule has 8 nitrogen and oxygen atoms in total. The Hall–Kier alpha value is -1.87. The first kappa shape index (κ1) is 16.0. The van der Waals surface area contributed by atoms with Crippen molar-refractivity contribution in [3.8, 4) is 0 Å². The Morgan fingerprint density at radius 2 is 2.39 bits per heavy atom. The minimum atomic E-state index is 0.0116. The number of rotatable bonds is 5. The second-order valence-electron chi connectivity index (χ2n) is 6.09. The van der Waals surface area contributed by atoms with Gasteiger partial charge in [-0.15, -0.1) is 5.10 Å². The number of carbonyl (C=O) groups excluding carboxylic acids is 1. The molecule has 124 valence electrons. The molecule has 23 heavy (non-hydrogen) atoms. The second kappa shape index (κ2) is 6.71. The lowest BCUT2D eigenvalue weighted by Crippen LogP contribution is -2.36. The van der Waals surface area contributed by atoms with Crippen LogP contribution in [0.2, 0.25) is 0 Å². The van der Waals surface area contributed by atoms with Crippen molar-refractivity contribution in [2.24, 2.45) is 0 Å². The van der Waals surface area contributed by atoms with Crippen LogP contribution in [0.5, 0.6) is 0 Å². The molecule has 1 aliphatic heterocycles. The number of carbonyl (C=O) groups is 1. The van der Waals surface area contributed by atoms with E-state index in [1.165, 1.54) is 6.20 Å². The number of hydrogen-bond donors (Lipinski definition) is 0. The van der Waals surface area contributed by atoms with Crippen LogP contribution in [-0.4, -0.2) is 61.6 Å². The van der Waals surface area contributed by atoms with Crippen molar-refractivity contribution in [3.63, 3.8) is 0 Å². The van der Waals surface area contributed by atoms with Crippen molar-refractivity contribution in [2.45, 2.75) is 38.8 Å². The first-order valence-electron chi connectivity index (χ1n) is 7.64. The van der Waals surface area contributed by atoms with Crippen LogP contribution < -0.4 is 0 Å². The zero-order valence-corrected chi connectivity index (χ0v) is 14.3. The number of hydrogen-bond acceptors (Lipinski definition) is 8. The quantitative estimate of drug-likeness (QED) is 0.815. The lowest BCUT2D eigenvalue weighted by atomic mass is 10.2. The lowest BCUT2D eigenvalue weighted by molar-refractivity contribution is 0.0783. The summed E-state index contributed by atoms with van der Waals surface area (Å²) in [6.07, 6.45) is 2.46. The molecule has 0 unspecified atom stereocenters. The fourth-order valence-corrected chi connectivity index (χ4v) is 3.11. The van der Waals surface area contributed by atoms with E-state index >= 15 is 0 Å². The first-order chi connectivity index (χ1) is 11.0. The van der Waals surface area contributed by atoms with E-state index in [1.54, 1.807) is 0 Å². The summed E-state index contributed by atoms with van der Waals surface area (Å²) in [4.78, 5) is 21.3. The molecule has 1 saturated heterocycles. The molecule has 0 saturated carbocycles. The van der Waals surface area contributed by atoms with Crippen molar-refractivity contribution in [1.29, 1.82) is 0 Å². The van der Waals surface area contributed by atoms with E-state index in [9.17, 15) is 4.79 Å². The Morgan fingerprint density at radius 3 is 3.04 bits per heavy atom. The SMILES string of the molecule is CC(C)c1nc(CN(C)[C@H]2CCN(C(=O)c3cnns3)C2)no1. The van der Waals surface area contributed by atoms with Crippen molar-refractivity contribution < 1.29 is 9.32 Å². The fourth-order valence-electron chi connectivity index (χ4n) is 2.62. The number of aromatic nitrogens is 4. The molecular formula is C14H20N6O2S. The summed E-state index contributed by atoms with van der Waals surface area (Å²) in [5.74, 6) is 1.59. The number of likely N-dealkylation sites (N-methyl/N-ethyl adjacent to an activating group) is 1. The maximum absolute atomic E-state index is 12.3. The van der Waals surface area contributed by atoms with Gasteiger partial charge in [0.2, 0.25) is 5.89 Å². The van der Waals surface area contributed by atoms with Gasteiger partial charge in [0.1, 0.15) is 4.88 Å². The van der Waals surface area contributed by atoms with Gasteiger partial charge in [-0.1, -0.05) is 23.5 Å². The Labute approximate surface area is 138 Å². The van der Waals surface area contributed by atoms with Crippen LogP contribution >= 0.6 is 11.5 Å². The van der Waals surface area contributed by atoms with Crippen LogP contribution in [-0.2, 0) is 6.54 Å². The van der Waals surface area contributed by atoms with Crippen molar-refractivity contribution >= 4 is 17.4 Å². The van der Waals surface area contributed by atoms with Crippen molar-refractivity contribution in [3.05, 3.63) is 22.8 Å². The van der Waals surface area contributed by atoms with Crippen LogP contribution in [0.4, 0.5) is 0 Å². The number of nitrogens with zero attached hydrogens (tertiary/aromatic N) is 6. The van der Waals surface area contributed by atoms with E-state index in [0.29, 0.717) is 35.7 Å². The first-order valence-corrected chi connectivity index (χ1v) is 8.41. The summed E-state index contributed by atoms with van der Waals surface area (Å²) in [5.41, 5.74) is 0. The van der Waals surface area contributed by atoms with E-state index in [-0.39, 0.29) is 11.8 Å². The standard InChI is InChI=1S/C14H20N6O2S/c1-9(2)13-16-12(17-22-13)8-19(3)10-4-5-20(7-10)14(21)11-6-15-18-23-11/h6,9-10H,4-5,7-8H2,1-3H3/t10-/m0/s1. The van der Waals surface area contributed by atoms with E-state index in [4.69, 9.17) is 4.52 Å². The smallest absolute Gasteiger partial charge is 0.267 e. The molecule has 9 heteroatoms. The van der Waals surface area contributed by atoms with E-state index in [0.717, 1.165) is 24.5 Å².